The summed E-state index contributed by atoms with van der Waals surface area (Å²) in [6, 6.07) is 9.35. The zero-order valence-corrected chi connectivity index (χ0v) is 36.1. The van der Waals surface area contributed by atoms with Crippen molar-refractivity contribution in [3.63, 3.8) is 0 Å². The third-order valence-corrected chi connectivity index (χ3v) is 13.6. The molecule has 3 saturated heterocycles. The molecule has 19 heteroatoms. The second-order valence-electron chi connectivity index (χ2n) is 17.4. The zero-order chi connectivity index (χ0) is 44.9. The Morgan fingerprint density at radius 1 is 0.875 bits per heavy atom. The molecule has 1 aromatic heterocycles. The van der Waals surface area contributed by atoms with Crippen molar-refractivity contribution in [1.82, 2.24) is 34.9 Å². The van der Waals surface area contributed by atoms with Gasteiger partial charge in [-0.15, -0.1) is 0 Å². The number of fused-ring (bicyclic) bond motifs is 2. The maximum Gasteiger partial charge on any atom is 0.342 e. The Labute approximate surface area is 369 Å². The molecule has 6 amide bonds. The van der Waals surface area contributed by atoms with Crippen LogP contribution in [-0.2, 0) is 20.8 Å². The number of piperazine rings is 2. The first-order valence-corrected chi connectivity index (χ1v) is 22.1. The minimum absolute atomic E-state index is 0.0652. The van der Waals surface area contributed by atoms with Gasteiger partial charge in [0.2, 0.25) is 11.8 Å². The molecule has 4 fully saturated rings. The average Bonchev–Trinajstić information content (AvgIpc) is 3.92. The summed E-state index contributed by atoms with van der Waals surface area (Å²) in [6.45, 7) is 6.32. The van der Waals surface area contributed by atoms with E-state index in [2.05, 4.69) is 25.0 Å². The minimum Gasteiger partial charge on any atom is -0.496 e. The minimum atomic E-state index is -3.57. The lowest BCUT2D eigenvalue weighted by Gasteiger charge is -2.39. The van der Waals surface area contributed by atoms with Gasteiger partial charge >= 0.3 is 5.92 Å². The highest BCUT2D eigenvalue weighted by molar-refractivity contribution is 6.25. The second kappa shape index (κ2) is 17.5. The molecule has 0 radical (unpaired) electrons. The Morgan fingerprint density at radius 3 is 2.27 bits per heavy atom. The number of halogens is 2. The van der Waals surface area contributed by atoms with E-state index < -0.39 is 48.0 Å². The predicted octanol–water partition coefficient (Wildman–Crippen LogP) is 2.42. The van der Waals surface area contributed by atoms with Crippen molar-refractivity contribution in [1.29, 1.82) is 0 Å². The van der Waals surface area contributed by atoms with Gasteiger partial charge in [0.25, 0.3) is 23.6 Å². The SMILES string of the molecule is COc1cc(C(=O)N2CCN(CCN3CCN(c4cccc5c4C(=O)N(C4CCC(=O)NC4=O)C5=O)CC3)CC2)ccc1Cc1ncc2c(n1)N(C1CCCC1)CC(F)(F)C(=O)N2C. The molecule has 2 aromatic carbocycles. The standard InChI is InChI=1S/C45H52F2N10O7/c1-51-34-26-48-36(49-39(34)56(30-6-3-4-7-30)27-45(46,47)44(51)63)25-28-10-11-29(24-35(28)64-2)41(60)55-22-18-53(19-23-55)15-14-52-16-20-54(21-17-52)32-9-5-8-31-38(32)43(62)57(42(31)61)33-12-13-37(58)50-40(33)59/h5,8-11,24,26,30,33H,3-4,6-7,12-23,25,27H2,1-2H3,(H,50,58,59). The maximum absolute atomic E-state index is 15.1. The highest BCUT2D eigenvalue weighted by Crippen LogP contribution is 2.40. The number of anilines is 3. The molecular weight excluding hydrogens is 831 g/mol. The van der Waals surface area contributed by atoms with Crippen molar-refractivity contribution >= 4 is 52.6 Å². The van der Waals surface area contributed by atoms with Crippen molar-refractivity contribution in [3.05, 3.63) is 70.7 Å². The van der Waals surface area contributed by atoms with Gasteiger partial charge in [-0.25, -0.2) is 9.97 Å². The van der Waals surface area contributed by atoms with E-state index in [4.69, 9.17) is 9.72 Å². The van der Waals surface area contributed by atoms with Crippen LogP contribution in [-0.4, -0.2) is 169 Å². The number of rotatable bonds is 10. The number of benzene rings is 2. The third-order valence-electron chi connectivity index (χ3n) is 13.6. The topological polar surface area (TPSA) is 172 Å². The summed E-state index contributed by atoms with van der Waals surface area (Å²) in [5, 5.41) is 2.25. The summed E-state index contributed by atoms with van der Waals surface area (Å²) < 4.78 is 35.9. The normalized spacial score (nSPS) is 22.2. The van der Waals surface area contributed by atoms with Crippen LogP contribution in [0, 0.1) is 0 Å². The van der Waals surface area contributed by atoms with E-state index >= 15 is 8.78 Å². The summed E-state index contributed by atoms with van der Waals surface area (Å²) in [4.78, 5) is 99.1. The number of nitrogens with one attached hydrogen (secondary N) is 1. The van der Waals surface area contributed by atoms with Crippen LogP contribution in [0.15, 0.2) is 42.6 Å². The molecule has 1 atom stereocenters. The Morgan fingerprint density at radius 2 is 1.58 bits per heavy atom. The number of aromatic nitrogens is 2. The summed E-state index contributed by atoms with van der Waals surface area (Å²) in [7, 11) is 2.86. The van der Waals surface area contributed by atoms with Crippen LogP contribution < -0.4 is 24.8 Å². The van der Waals surface area contributed by atoms with Crippen molar-refractivity contribution in [2.24, 2.45) is 0 Å². The zero-order valence-electron chi connectivity index (χ0n) is 36.1. The van der Waals surface area contributed by atoms with Gasteiger partial charge in [-0.1, -0.05) is 25.0 Å². The first-order chi connectivity index (χ1) is 30.8. The largest absolute Gasteiger partial charge is 0.496 e. The quantitative estimate of drug-likeness (QED) is 0.295. The van der Waals surface area contributed by atoms with Gasteiger partial charge < -0.3 is 24.3 Å². The smallest absolute Gasteiger partial charge is 0.342 e. The van der Waals surface area contributed by atoms with E-state index in [1.54, 1.807) is 29.2 Å². The highest BCUT2D eigenvalue weighted by atomic mass is 19.3. The molecule has 64 heavy (non-hydrogen) atoms. The summed E-state index contributed by atoms with van der Waals surface area (Å²) in [6.07, 6.45) is 5.19. The Bertz CT molecular complexity index is 2380. The Kier molecular flexibility index (Phi) is 11.8. The molecule has 0 spiro atoms. The molecule has 1 N–H and O–H groups in total. The van der Waals surface area contributed by atoms with E-state index in [1.807, 2.05) is 17.0 Å². The van der Waals surface area contributed by atoms with Gasteiger partial charge in [0.1, 0.15) is 23.3 Å². The van der Waals surface area contributed by atoms with Crippen LogP contribution in [0.1, 0.15) is 81.0 Å². The monoisotopic (exact) mass is 882 g/mol. The number of carbonyl (C=O) groups excluding carboxylic acids is 6. The van der Waals surface area contributed by atoms with Gasteiger partial charge in [0.15, 0.2) is 5.82 Å². The van der Waals surface area contributed by atoms with Crippen molar-refractivity contribution in [3.8, 4) is 5.75 Å². The third kappa shape index (κ3) is 8.14. The number of methoxy groups -OCH3 is 1. The fourth-order valence-corrected chi connectivity index (χ4v) is 9.97. The van der Waals surface area contributed by atoms with E-state index in [9.17, 15) is 28.8 Å². The lowest BCUT2D eigenvalue weighted by molar-refractivity contribution is -0.140. The summed E-state index contributed by atoms with van der Waals surface area (Å²) in [5.74, 6) is -5.81. The number of nitrogens with zero attached hydrogens (tertiary/aromatic N) is 9. The summed E-state index contributed by atoms with van der Waals surface area (Å²) >= 11 is 0. The maximum atomic E-state index is 15.1. The molecule has 338 valence electrons. The first-order valence-electron chi connectivity index (χ1n) is 22.1. The molecule has 1 saturated carbocycles. The number of ether oxygens (including phenoxy) is 1. The molecule has 5 aliphatic heterocycles. The van der Waals surface area contributed by atoms with Gasteiger partial charge in [-0.2, -0.15) is 8.78 Å². The van der Waals surface area contributed by atoms with Gasteiger partial charge in [0.05, 0.1) is 36.7 Å². The van der Waals surface area contributed by atoms with Crippen LogP contribution >= 0.6 is 0 Å². The van der Waals surface area contributed by atoms with Gasteiger partial charge in [0, 0.05) is 103 Å². The number of hydrogen-bond donors (Lipinski definition) is 1. The summed E-state index contributed by atoms with van der Waals surface area (Å²) in [5.41, 5.74) is 2.72. The molecule has 0 bridgehead atoms. The predicted molar refractivity (Wildman–Crippen MR) is 230 cm³/mol. The van der Waals surface area contributed by atoms with Crippen LogP contribution in [0.25, 0.3) is 0 Å². The molecule has 17 nitrogen and oxygen atoms in total. The molecule has 6 heterocycles. The molecule has 6 aliphatic rings. The van der Waals surface area contributed by atoms with Crippen LogP contribution in [0.5, 0.6) is 5.75 Å². The highest BCUT2D eigenvalue weighted by Gasteiger charge is 2.49. The number of hydrogen-bond acceptors (Lipinski definition) is 13. The fraction of sp³-hybridized carbons (Fsp3) is 0.511. The number of piperidine rings is 1. The number of imide groups is 2. The molecule has 9 rings (SSSR count). The number of alkyl halides is 2. The van der Waals surface area contributed by atoms with Crippen molar-refractivity contribution < 1.29 is 42.3 Å². The number of carbonyl (C=O) groups is 6. The second-order valence-corrected chi connectivity index (χ2v) is 17.4. The Balaban J connectivity index is 0.771. The number of amides is 6. The van der Waals surface area contributed by atoms with E-state index in [1.165, 1.54) is 20.4 Å². The van der Waals surface area contributed by atoms with Crippen LogP contribution in [0.3, 0.4) is 0 Å². The average molecular weight is 883 g/mol. The van der Waals surface area contributed by atoms with E-state index in [-0.39, 0.29) is 42.5 Å². The Hall–Kier alpha value is -6.08. The van der Waals surface area contributed by atoms with Gasteiger partial charge in [-0.05, 0) is 43.5 Å². The lowest BCUT2D eigenvalue weighted by atomic mass is 10.0. The molecular formula is C45H52F2N10O7. The van der Waals surface area contributed by atoms with E-state index in [0.717, 1.165) is 80.3 Å². The van der Waals surface area contributed by atoms with Crippen molar-refractivity contribution in [2.75, 3.05) is 101 Å². The van der Waals surface area contributed by atoms with Gasteiger partial charge in [-0.3, -0.25) is 48.8 Å². The molecule has 1 aliphatic carbocycles. The fourth-order valence-electron chi connectivity index (χ4n) is 9.97. The molecule has 1 unspecified atom stereocenters. The lowest BCUT2D eigenvalue weighted by Crippen LogP contribution is -2.54. The van der Waals surface area contributed by atoms with Crippen LogP contribution in [0.2, 0.25) is 0 Å². The van der Waals surface area contributed by atoms with Crippen LogP contribution in [0.4, 0.5) is 26.0 Å². The van der Waals surface area contributed by atoms with Crippen molar-refractivity contribution in [2.45, 2.75) is 63.0 Å². The first kappa shape index (κ1) is 43.2. The molecule has 3 aromatic rings. The van der Waals surface area contributed by atoms with E-state index in [0.29, 0.717) is 60.4 Å².